The highest BCUT2D eigenvalue weighted by Crippen LogP contribution is 2.31. The molecule has 0 saturated heterocycles. The average Bonchev–Trinajstić information content (AvgIpc) is 2.64. The first-order valence-electron chi connectivity index (χ1n) is 8.88. The van der Waals surface area contributed by atoms with Gasteiger partial charge in [0.2, 0.25) is 0 Å². The quantitative estimate of drug-likeness (QED) is 0.608. The van der Waals surface area contributed by atoms with Crippen LogP contribution in [-0.2, 0) is 16.0 Å². The Bertz CT molecular complexity index is 941. The van der Waals surface area contributed by atoms with Crippen molar-refractivity contribution in [3.63, 3.8) is 0 Å². The summed E-state index contributed by atoms with van der Waals surface area (Å²) in [5, 5.41) is -0.978. The third-order valence-corrected chi connectivity index (χ3v) is 7.03. The second-order valence-corrected chi connectivity index (χ2v) is 8.83. The number of carbonyl (C=O) groups excluding carboxylic acids is 1. The van der Waals surface area contributed by atoms with Crippen molar-refractivity contribution in [1.29, 1.82) is 0 Å². The van der Waals surface area contributed by atoms with E-state index in [0.29, 0.717) is 6.42 Å². The maximum atomic E-state index is 13.1. The fraction of sp³-hybridized carbons (Fsp3) is 0.400. The van der Waals surface area contributed by atoms with E-state index in [1.54, 1.807) is 18.2 Å². The summed E-state index contributed by atoms with van der Waals surface area (Å²) in [7, 11) is -3.78. The van der Waals surface area contributed by atoms with Gasteiger partial charge in [-0.1, -0.05) is 38.5 Å². The van der Waals surface area contributed by atoms with E-state index in [0.717, 1.165) is 12.1 Å². The molecule has 0 radical (unpaired) electrons. The average molecular weight is 413 g/mol. The van der Waals surface area contributed by atoms with Crippen LogP contribution in [0.4, 0.5) is 13.2 Å². The van der Waals surface area contributed by atoms with Gasteiger partial charge >= 0.3 is 6.18 Å². The number of aryl methyl sites for hydroxylation is 1. The number of aromatic nitrogens is 1. The van der Waals surface area contributed by atoms with Crippen molar-refractivity contribution in [3.05, 3.63) is 59.4 Å². The number of pyridine rings is 1. The van der Waals surface area contributed by atoms with E-state index >= 15 is 0 Å². The number of nitrogens with zero attached hydrogens (tertiary/aromatic N) is 1. The van der Waals surface area contributed by atoms with Gasteiger partial charge < -0.3 is 0 Å². The molecule has 0 aliphatic rings. The molecule has 0 saturated carbocycles. The Morgan fingerprint density at radius 1 is 1.11 bits per heavy atom. The molecule has 0 bridgehead atoms. The first kappa shape index (κ1) is 22.1. The summed E-state index contributed by atoms with van der Waals surface area (Å²) in [6, 6.07) is 9.66. The zero-order valence-corrected chi connectivity index (χ0v) is 16.6. The highest BCUT2D eigenvalue weighted by atomic mass is 32.2. The van der Waals surface area contributed by atoms with E-state index in [1.165, 1.54) is 26.0 Å². The molecule has 2 atom stereocenters. The standard InChI is InChI=1S/C20H22F3NO3S/c1-4-8-17(28(26,27)15-9-6-5-7-10-15)13(2)19(25)16-11-12-18(20(21,22)23)24-14(16)3/h5-7,9-13,17H,4,8H2,1-3H3. The summed E-state index contributed by atoms with van der Waals surface area (Å²) < 4.78 is 64.5. The predicted octanol–water partition coefficient (Wildman–Crippen LogP) is 4.87. The minimum absolute atomic E-state index is 0.00450. The number of carbonyl (C=O) groups is 1. The number of sulfone groups is 1. The second-order valence-electron chi connectivity index (χ2n) is 6.67. The van der Waals surface area contributed by atoms with Crippen molar-refractivity contribution in [2.75, 3.05) is 0 Å². The molecule has 0 aliphatic heterocycles. The Hall–Kier alpha value is -2.22. The minimum Gasteiger partial charge on any atom is -0.294 e. The highest BCUT2D eigenvalue weighted by molar-refractivity contribution is 7.92. The molecule has 152 valence electrons. The SMILES string of the molecule is CCCC(C(C)C(=O)c1ccc(C(F)(F)F)nc1C)S(=O)(=O)c1ccccc1. The minimum atomic E-state index is -4.61. The van der Waals surface area contributed by atoms with Crippen LogP contribution in [-0.4, -0.2) is 24.4 Å². The first-order valence-corrected chi connectivity index (χ1v) is 10.4. The number of benzene rings is 1. The molecule has 0 aliphatic carbocycles. The van der Waals surface area contributed by atoms with Crippen molar-refractivity contribution < 1.29 is 26.4 Å². The number of hydrogen-bond acceptors (Lipinski definition) is 4. The van der Waals surface area contributed by atoms with Gasteiger partial charge in [-0.05, 0) is 37.6 Å². The lowest BCUT2D eigenvalue weighted by atomic mass is 9.93. The van der Waals surface area contributed by atoms with Crippen molar-refractivity contribution in [2.24, 2.45) is 5.92 Å². The topological polar surface area (TPSA) is 64.1 Å². The first-order chi connectivity index (χ1) is 13.0. The smallest absolute Gasteiger partial charge is 0.294 e. The summed E-state index contributed by atoms with van der Waals surface area (Å²) in [5.74, 6) is -1.46. The predicted molar refractivity (Wildman–Crippen MR) is 99.8 cm³/mol. The second kappa shape index (κ2) is 8.43. The lowest BCUT2D eigenvalue weighted by molar-refractivity contribution is -0.141. The van der Waals surface area contributed by atoms with Crippen molar-refractivity contribution in [3.8, 4) is 0 Å². The van der Waals surface area contributed by atoms with Crippen LogP contribution in [0.1, 0.15) is 48.4 Å². The number of Topliss-reactive ketones (excluding diaryl/α,β-unsaturated/α-hetero) is 1. The molecule has 2 unspecified atom stereocenters. The third kappa shape index (κ3) is 4.60. The van der Waals surface area contributed by atoms with Crippen LogP contribution in [0.3, 0.4) is 0 Å². The van der Waals surface area contributed by atoms with Crippen molar-refractivity contribution >= 4 is 15.6 Å². The summed E-state index contributed by atoms with van der Waals surface area (Å²) in [6.07, 6.45) is -3.81. The maximum absolute atomic E-state index is 13.1. The fourth-order valence-corrected chi connectivity index (χ4v) is 5.23. The van der Waals surface area contributed by atoms with Crippen LogP contribution >= 0.6 is 0 Å². The number of halogens is 3. The van der Waals surface area contributed by atoms with Gasteiger partial charge in [-0.2, -0.15) is 13.2 Å². The molecule has 1 aromatic carbocycles. The summed E-state index contributed by atoms with van der Waals surface area (Å²) in [6.45, 7) is 4.63. The Balaban J connectivity index is 2.41. The molecule has 0 spiro atoms. The van der Waals surface area contributed by atoms with Gasteiger partial charge in [0.15, 0.2) is 15.6 Å². The summed E-state index contributed by atoms with van der Waals surface area (Å²) in [4.78, 5) is 16.5. The Morgan fingerprint density at radius 3 is 2.21 bits per heavy atom. The Morgan fingerprint density at radius 2 is 1.71 bits per heavy atom. The Kier molecular flexibility index (Phi) is 6.64. The molecule has 1 heterocycles. The van der Waals surface area contributed by atoms with Gasteiger partial charge in [-0.3, -0.25) is 4.79 Å². The third-order valence-electron chi connectivity index (χ3n) is 4.66. The van der Waals surface area contributed by atoms with Crippen LogP contribution in [0.2, 0.25) is 0 Å². The lowest BCUT2D eigenvalue weighted by Gasteiger charge is -2.23. The van der Waals surface area contributed by atoms with Crippen molar-refractivity contribution in [2.45, 2.75) is 49.9 Å². The zero-order valence-electron chi connectivity index (χ0n) is 15.8. The van der Waals surface area contributed by atoms with E-state index in [9.17, 15) is 26.4 Å². The summed E-state index contributed by atoms with van der Waals surface area (Å²) in [5.41, 5.74) is -1.15. The largest absolute Gasteiger partial charge is 0.433 e. The number of rotatable bonds is 7. The molecular weight excluding hydrogens is 391 g/mol. The molecule has 0 amide bonds. The van der Waals surface area contributed by atoms with Gasteiger partial charge in [0.05, 0.1) is 10.1 Å². The van der Waals surface area contributed by atoms with Crippen LogP contribution < -0.4 is 0 Å². The van der Waals surface area contributed by atoms with E-state index in [1.807, 2.05) is 6.92 Å². The molecule has 4 nitrogen and oxygen atoms in total. The van der Waals surface area contributed by atoms with Gasteiger partial charge in [-0.25, -0.2) is 13.4 Å². The number of ketones is 1. The highest BCUT2D eigenvalue weighted by Gasteiger charge is 2.37. The Labute approximate surface area is 162 Å². The van der Waals surface area contributed by atoms with E-state index in [-0.39, 0.29) is 22.6 Å². The number of hydrogen-bond donors (Lipinski definition) is 0. The van der Waals surface area contributed by atoms with Crippen LogP contribution in [0.15, 0.2) is 47.4 Å². The van der Waals surface area contributed by atoms with E-state index < -0.39 is 38.7 Å². The molecule has 0 N–H and O–H groups in total. The molecule has 1 aromatic heterocycles. The van der Waals surface area contributed by atoms with Gasteiger partial charge in [0.25, 0.3) is 0 Å². The van der Waals surface area contributed by atoms with Gasteiger partial charge in [0, 0.05) is 17.2 Å². The lowest BCUT2D eigenvalue weighted by Crippen LogP contribution is -2.34. The molecule has 2 rings (SSSR count). The van der Waals surface area contributed by atoms with Gasteiger partial charge in [-0.15, -0.1) is 0 Å². The summed E-state index contributed by atoms with van der Waals surface area (Å²) >= 11 is 0. The zero-order chi connectivity index (χ0) is 21.1. The van der Waals surface area contributed by atoms with Gasteiger partial charge in [0.1, 0.15) is 5.69 Å². The molecule has 28 heavy (non-hydrogen) atoms. The van der Waals surface area contributed by atoms with E-state index in [2.05, 4.69) is 4.98 Å². The molecule has 8 heteroatoms. The molecule has 2 aromatic rings. The molecule has 0 fully saturated rings. The maximum Gasteiger partial charge on any atom is 0.433 e. The normalized spacial score (nSPS) is 14.5. The van der Waals surface area contributed by atoms with E-state index in [4.69, 9.17) is 0 Å². The monoisotopic (exact) mass is 413 g/mol. The van der Waals surface area contributed by atoms with Crippen LogP contribution in [0.25, 0.3) is 0 Å². The van der Waals surface area contributed by atoms with Crippen LogP contribution in [0, 0.1) is 12.8 Å². The molecular formula is C20H22F3NO3S. The van der Waals surface area contributed by atoms with Crippen molar-refractivity contribution in [1.82, 2.24) is 4.98 Å². The number of alkyl halides is 3. The van der Waals surface area contributed by atoms with Crippen LogP contribution in [0.5, 0.6) is 0 Å². The fourth-order valence-electron chi connectivity index (χ4n) is 3.14.